The predicted octanol–water partition coefficient (Wildman–Crippen LogP) is 1.93. The van der Waals surface area contributed by atoms with Gasteiger partial charge in [0.15, 0.2) is 5.76 Å². The van der Waals surface area contributed by atoms with Crippen LogP contribution in [0.3, 0.4) is 0 Å². The Labute approximate surface area is 163 Å². The van der Waals surface area contributed by atoms with E-state index in [0.29, 0.717) is 30.2 Å². The molecule has 1 aromatic carbocycles. The van der Waals surface area contributed by atoms with E-state index in [9.17, 15) is 9.59 Å². The van der Waals surface area contributed by atoms with Crippen LogP contribution in [0.4, 0.5) is 0 Å². The summed E-state index contributed by atoms with van der Waals surface area (Å²) in [6, 6.07) is 8.82. The Kier molecular flexibility index (Phi) is 6.65. The van der Waals surface area contributed by atoms with Crippen LogP contribution in [0.25, 0.3) is 0 Å². The average molecular weight is 387 g/mol. The van der Waals surface area contributed by atoms with E-state index in [2.05, 4.69) is 10.5 Å². The van der Waals surface area contributed by atoms with Crippen molar-refractivity contribution in [1.82, 2.24) is 15.4 Å². The number of piperidine rings is 1. The minimum absolute atomic E-state index is 0.0109. The Bertz CT molecular complexity index is 794. The quantitative estimate of drug-likeness (QED) is 0.780. The van der Waals surface area contributed by atoms with Gasteiger partial charge in [-0.05, 0) is 31.2 Å². The summed E-state index contributed by atoms with van der Waals surface area (Å²) in [7, 11) is 1.52. The van der Waals surface area contributed by atoms with Crippen LogP contribution in [0.1, 0.15) is 34.7 Å². The number of methoxy groups -OCH3 is 1. The Hall–Kier alpha value is -2.87. The molecule has 1 aliphatic heterocycles. The number of benzene rings is 1. The van der Waals surface area contributed by atoms with Crippen molar-refractivity contribution in [1.29, 1.82) is 0 Å². The third-order valence-electron chi connectivity index (χ3n) is 4.58. The minimum atomic E-state index is -0.189. The molecule has 3 rings (SSSR count). The molecule has 0 spiro atoms. The summed E-state index contributed by atoms with van der Waals surface area (Å²) in [5.41, 5.74) is 1.32. The van der Waals surface area contributed by atoms with Crippen molar-refractivity contribution in [3.8, 4) is 5.75 Å². The zero-order chi connectivity index (χ0) is 19.9. The number of carbonyl (C=O) groups excluding carboxylic acids is 2. The van der Waals surface area contributed by atoms with Crippen LogP contribution in [0.2, 0.25) is 0 Å². The van der Waals surface area contributed by atoms with Gasteiger partial charge in [0.05, 0.1) is 12.2 Å². The third kappa shape index (κ3) is 5.32. The molecule has 8 heteroatoms. The van der Waals surface area contributed by atoms with Gasteiger partial charge < -0.3 is 24.2 Å². The lowest BCUT2D eigenvalue weighted by atomic mass is 10.1. The van der Waals surface area contributed by atoms with E-state index in [1.807, 2.05) is 6.92 Å². The van der Waals surface area contributed by atoms with Crippen LogP contribution >= 0.6 is 0 Å². The van der Waals surface area contributed by atoms with Gasteiger partial charge >= 0.3 is 0 Å². The van der Waals surface area contributed by atoms with E-state index in [1.165, 1.54) is 7.11 Å². The molecule has 1 aliphatic rings. The second kappa shape index (κ2) is 9.36. The van der Waals surface area contributed by atoms with Gasteiger partial charge in [-0.15, -0.1) is 0 Å². The topological polar surface area (TPSA) is 93.9 Å². The number of aryl methyl sites for hydroxylation is 1. The number of amides is 2. The van der Waals surface area contributed by atoms with Gasteiger partial charge in [-0.3, -0.25) is 9.59 Å². The van der Waals surface area contributed by atoms with E-state index in [4.69, 9.17) is 14.0 Å². The molecule has 0 atom stereocenters. The van der Waals surface area contributed by atoms with Gasteiger partial charge in [0.2, 0.25) is 5.91 Å². The van der Waals surface area contributed by atoms with Crippen molar-refractivity contribution >= 4 is 11.8 Å². The summed E-state index contributed by atoms with van der Waals surface area (Å²) < 4.78 is 15.9. The van der Waals surface area contributed by atoms with E-state index < -0.39 is 0 Å². The molecule has 0 bridgehead atoms. The molecule has 1 N–H and O–H groups in total. The van der Waals surface area contributed by atoms with Crippen molar-refractivity contribution in [2.75, 3.05) is 26.8 Å². The van der Waals surface area contributed by atoms with Crippen molar-refractivity contribution in [3.05, 3.63) is 47.3 Å². The third-order valence-corrected chi connectivity index (χ3v) is 4.58. The van der Waals surface area contributed by atoms with Crippen molar-refractivity contribution in [2.24, 2.45) is 0 Å². The minimum Gasteiger partial charge on any atom is -0.490 e. The normalized spacial score (nSPS) is 14.7. The monoisotopic (exact) mass is 387 g/mol. The number of nitrogens with zero attached hydrogens (tertiary/aromatic N) is 2. The lowest BCUT2D eigenvalue weighted by Gasteiger charge is -2.32. The molecule has 0 radical (unpaired) electrons. The number of rotatable bonds is 7. The molecule has 1 saturated heterocycles. The molecule has 2 aromatic rings. The van der Waals surface area contributed by atoms with Crippen molar-refractivity contribution < 1.29 is 23.6 Å². The van der Waals surface area contributed by atoms with Gasteiger partial charge in [-0.2, -0.15) is 0 Å². The molecule has 8 nitrogen and oxygen atoms in total. The number of nitrogens with one attached hydrogen (secondary N) is 1. The first-order valence-electron chi connectivity index (χ1n) is 9.29. The smallest absolute Gasteiger partial charge is 0.251 e. The molecule has 28 heavy (non-hydrogen) atoms. The number of ether oxygens (including phenoxy) is 2. The Morgan fingerprint density at radius 2 is 1.96 bits per heavy atom. The molecule has 0 saturated carbocycles. The van der Waals surface area contributed by atoms with Gasteiger partial charge in [0.25, 0.3) is 5.91 Å². The molecular weight excluding hydrogens is 362 g/mol. The zero-order valence-electron chi connectivity index (χ0n) is 16.1. The first-order valence-corrected chi connectivity index (χ1v) is 9.29. The van der Waals surface area contributed by atoms with Crippen LogP contribution in [0.5, 0.6) is 5.75 Å². The van der Waals surface area contributed by atoms with E-state index in [0.717, 1.165) is 18.5 Å². The van der Waals surface area contributed by atoms with Crippen LogP contribution in [-0.4, -0.2) is 54.8 Å². The fourth-order valence-corrected chi connectivity index (χ4v) is 3.08. The number of carbonyl (C=O) groups is 2. The number of aromatic nitrogens is 1. The average Bonchev–Trinajstić information content (AvgIpc) is 3.13. The highest BCUT2D eigenvalue weighted by molar-refractivity contribution is 5.94. The largest absolute Gasteiger partial charge is 0.490 e. The lowest BCUT2D eigenvalue weighted by molar-refractivity contribution is -0.136. The molecule has 0 unspecified atom stereocenters. The maximum absolute atomic E-state index is 12.2. The summed E-state index contributed by atoms with van der Waals surface area (Å²) in [4.78, 5) is 25.8. The highest BCUT2D eigenvalue weighted by atomic mass is 16.5. The fourth-order valence-electron chi connectivity index (χ4n) is 3.08. The molecule has 2 amide bonds. The summed E-state index contributed by atoms with van der Waals surface area (Å²) in [5, 5.41) is 6.58. The highest BCUT2D eigenvalue weighted by Gasteiger charge is 2.23. The first-order chi connectivity index (χ1) is 13.5. The Morgan fingerprint density at radius 3 is 2.57 bits per heavy atom. The van der Waals surface area contributed by atoms with Crippen molar-refractivity contribution in [3.63, 3.8) is 0 Å². The number of hydrogen-bond acceptors (Lipinski definition) is 6. The molecule has 1 aromatic heterocycles. The zero-order valence-corrected chi connectivity index (χ0v) is 16.1. The Morgan fingerprint density at radius 1 is 1.25 bits per heavy atom. The van der Waals surface area contributed by atoms with Crippen LogP contribution in [-0.2, 0) is 16.1 Å². The van der Waals surface area contributed by atoms with Gasteiger partial charge in [0.1, 0.15) is 18.5 Å². The lowest BCUT2D eigenvalue weighted by Crippen LogP contribution is -2.43. The van der Waals surface area contributed by atoms with Gasteiger partial charge in [-0.1, -0.05) is 5.16 Å². The van der Waals surface area contributed by atoms with Gasteiger partial charge in [-0.25, -0.2) is 0 Å². The summed E-state index contributed by atoms with van der Waals surface area (Å²) in [5.74, 6) is 1.15. The van der Waals surface area contributed by atoms with E-state index >= 15 is 0 Å². The SMILES string of the molecule is COCC(=O)N1CCC(Oc2ccc(C(=O)NCc3cc(C)no3)cc2)CC1. The van der Waals surface area contributed by atoms with Crippen LogP contribution in [0.15, 0.2) is 34.9 Å². The summed E-state index contributed by atoms with van der Waals surface area (Å²) >= 11 is 0. The fraction of sp³-hybridized carbons (Fsp3) is 0.450. The number of hydrogen-bond donors (Lipinski definition) is 1. The highest BCUT2D eigenvalue weighted by Crippen LogP contribution is 2.20. The number of likely N-dealkylation sites (tertiary alicyclic amines) is 1. The summed E-state index contributed by atoms with van der Waals surface area (Å²) in [6.07, 6.45) is 1.60. The van der Waals surface area contributed by atoms with E-state index in [1.54, 1.807) is 35.2 Å². The molecule has 1 fully saturated rings. The van der Waals surface area contributed by atoms with Gasteiger partial charge in [0, 0.05) is 44.7 Å². The Balaban J connectivity index is 1.45. The van der Waals surface area contributed by atoms with Crippen molar-refractivity contribution in [2.45, 2.75) is 32.4 Å². The molecular formula is C20H25N3O5. The van der Waals surface area contributed by atoms with E-state index in [-0.39, 0.29) is 31.1 Å². The second-order valence-electron chi connectivity index (χ2n) is 6.77. The second-order valence-corrected chi connectivity index (χ2v) is 6.77. The summed E-state index contributed by atoms with van der Waals surface area (Å²) in [6.45, 7) is 3.56. The maximum atomic E-state index is 12.2. The standard InChI is InChI=1S/C20H25N3O5/c1-14-11-18(28-22-14)12-21-20(25)15-3-5-16(6-4-15)27-17-7-9-23(10-8-17)19(24)13-26-2/h3-6,11,17H,7-10,12-13H2,1-2H3,(H,21,25). The first kappa shape index (κ1) is 19.9. The predicted molar refractivity (Wildman–Crippen MR) is 101 cm³/mol. The molecule has 150 valence electrons. The van der Waals surface area contributed by atoms with Crippen LogP contribution < -0.4 is 10.1 Å². The van der Waals surface area contributed by atoms with Crippen LogP contribution in [0, 0.1) is 6.92 Å². The maximum Gasteiger partial charge on any atom is 0.251 e. The molecule has 0 aliphatic carbocycles. The molecule has 2 heterocycles.